The van der Waals surface area contributed by atoms with Crippen LogP contribution in [0.5, 0.6) is 5.75 Å². The normalized spacial score (nSPS) is 12.6. The quantitative estimate of drug-likeness (QED) is 0.145. The molecule has 0 aliphatic carbocycles. The summed E-state index contributed by atoms with van der Waals surface area (Å²) in [6.45, 7) is 4.85. The highest BCUT2D eigenvalue weighted by molar-refractivity contribution is 7.18. The molecule has 5 aromatic rings. The summed E-state index contributed by atoms with van der Waals surface area (Å²) in [6, 6.07) is 8.07. The van der Waals surface area contributed by atoms with E-state index in [0.717, 1.165) is 28.2 Å². The van der Waals surface area contributed by atoms with Gasteiger partial charge in [-0.25, -0.2) is 19.3 Å². The smallest absolute Gasteiger partial charge is 0.416 e. The topological polar surface area (TPSA) is 150 Å². The fraction of sp³-hybridized carbons (Fsp3) is 0.290. The molecule has 0 bridgehead atoms. The predicted molar refractivity (Wildman–Crippen MR) is 168 cm³/mol. The maximum absolute atomic E-state index is 13.1. The zero-order valence-corrected chi connectivity index (χ0v) is 26.7. The number of alkyl halides is 3. The molecule has 16 heteroatoms. The van der Waals surface area contributed by atoms with Gasteiger partial charge in [0.05, 0.1) is 39.8 Å². The van der Waals surface area contributed by atoms with Crippen molar-refractivity contribution in [3.63, 3.8) is 0 Å². The number of rotatable bonds is 9. The summed E-state index contributed by atoms with van der Waals surface area (Å²) in [6.07, 6.45) is -5.74. The van der Waals surface area contributed by atoms with Crippen LogP contribution < -0.4 is 15.6 Å². The Kier molecular flexibility index (Phi) is 9.36. The van der Waals surface area contributed by atoms with E-state index in [1.54, 1.807) is 43.7 Å². The molecule has 11 nitrogen and oxygen atoms in total. The van der Waals surface area contributed by atoms with Gasteiger partial charge >= 0.3 is 24.2 Å². The highest BCUT2D eigenvalue weighted by Crippen LogP contribution is 2.33. The molecule has 2 N–H and O–H groups in total. The van der Waals surface area contributed by atoms with Gasteiger partial charge in [-0.1, -0.05) is 12.1 Å². The first-order valence-electron chi connectivity index (χ1n) is 14.0. The second-order valence-corrected chi connectivity index (χ2v) is 13.3. The highest BCUT2D eigenvalue weighted by Gasteiger charge is 2.31. The molecule has 0 aliphatic rings. The molecule has 0 saturated carbocycles. The molecule has 0 radical (unpaired) electrons. The van der Waals surface area contributed by atoms with Crippen molar-refractivity contribution in [2.75, 3.05) is 0 Å². The first kappa shape index (κ1) is 33.5. The molecule has 3 heterocycles. The summed E-state index contributed by atoms with van der Waals surface area (Å²) in [4.78, 5) is 54.1. The van der Waals surface area contributed by atoms with E-state index in [1.165, 1.54) is 29.5 Å². The van der Waals surface area contributed by atoms with Crippen LogP contribution in [0, 0.1) is 0 Å². The number of hydrogen-bond acceptors (Lipinski definition) is 10. The van der Waals surface area contributed by atoms with E-state index >= 15 is 0 Å². The number of thiazole rings is 1. The van der Waals surface area contributed by atoms with Gasteiger partial charge in [-0.05, 0) is 56.7 Å². The zero-order valence-electron chi connectivity index (χ0n) is 25.1. The minimum atomic E-state index is -4.52. The first-order chi connectivity index (χ1) is 22.1. The molecular formula is C31H27F3N4O7S2. The van der Waals surface area contributed by atoms with Crippen LogP contribution in [0.25, 0.3) is 21.0 Å². The Bertz CT molecular complexity index is 2030. The van der Waals surface area contributed by atoms with Gasteiger partial charge in [0.2, 0.25) is 0 Å². The Labute approximate surface area is 272 Å². The molecule has 1 atom stereocenters. The Hall–Kier alpha value is -4.83. The second-order valence-electron chi connectivity index (χ2n) is 11.4. The molecule has 5 rings (SSSR count). The Balaban J connectivity index is 1.28. The molecule has 47 heavy (non-hydrogen) atoms. The SMILES string of the molecule is CC(C)(C)OC(=O)N[C@@H](Cc1ccc(OC(=O)Cc2nn(Cc3nc4cc(C(F)(F)F)ccc4s3)c(=O)c3cscc23)cc1)C(=O)O. The lowest BCUT2D eigenvalue weighted by Crippen LogP contribution is -2.44. The van der Waals surface area contributed by atoms with Crippen LogP contribution in [0.1, 0.15) is 42.6 Å². The average molecular weight is 689 g/mol. The van der Waals surface area contributed by atoms with Crippen molar-refractivity contribution in [1.29, 1.82) is 0 Å². The third kappa shape index (κ3) is 8.31. The third-order valence-corrected chi connectivity index (χ3v) is 8.38. The van der Waals surface area contributed by atoms with Crippen molar-refractivity contribution >= 4 is 61.7 Å². The van der Waals surface area contributed by atoms with Crippen LogP contribution in [-0.4, -0.2) is 49.5 Å². The number of alkyl carbamates (subject to hydrolysis) is 1. The molecule has 0 fully saturated rings. The number of aromatic nitrogens is 3. The highest BCUT2D eigenvalue weighted by atomic mass is 32.1. The number of fused-ring (bicyclic) bond motifs is 2. The van der Waals surface area contributed by atoms with E-state index in [0.29, 0.717) is 26.0 Å². The van der Waals surface area contributed by atoms with Gasteiger partial charge in [0, 0.05) is 22.6 Å². The summed E-state index contributed by atoms with van der Waals surface area (Å²) in [7, 11) is 0. The number of thiophene rings is 1. The lowest BCUT2D eigenvalue weighted by molar-refractivity contribution is -0.139. The van der Waals surface area contributed by atoms with Crippen molar-refractivity contribution in [1.82, 2.24) is 20.1 Å². The van der Waals surface area contributed by atoms with E-state index in [2.05, 4.69) is 15.4 Å². The molecule has 0 aliphatic heterocycles. The average Bonchev–Trinajstić information content (AvgIpc) is 3.62. The molecule has 3 aromatic heterocycles. The number of carboxylic acids is 1. The Morgan fingerprint density at radius 1 is 1.04 bits per heavy atom. The van der Waals surface area contributed by atoms with E-state index in [4.69, 9.17) is 9.47 Å². The van der Waals surface area contributed by atoms with Crippen LogP contribution in [-0.2, 0) is 39.9 Å². The molecule has 2 aromatic carbocycles. The van der Waals surface area contributed by atoms with Crippen molar-refractivity contribution in [2.24, 2.45) is 0 Å². The van der Waals surface area contributed by atoms with Gasteiger partial charge in [0.15, 0.2) is 0 Å². The van der Waals surface area contributed by atoms with E-state index in [9.17, 15) is 37.5 Å². The predicted octanol–water partition coefficient (Wildman–Crippen LogP) is 5.80. The number of carboxylic acid groups (broad SMARTS) is 1. The van der Waals surface area contributed by atoms with E-state index in [-0.39, 0.29) is 36.3 Å². The first-order valence-corrected chi connectivity index (χ1v) is 15.8. The van der Waals surface area contributed by atoms with Crippen molar-refractivity contribution < 1.29 is 42.1 Å². The standard InChI is InChI=1S/C31H27F3N4O7S2/c1-30(2,3)45-29(43)36-23(28(41)42)10-16-4-7-18(8-5-16)44-26(39)12-21-19-14-46-15-20(19)27(40)38(37-21)13-25-35-22-11-17(31(32,33)34)6-9-24(22)47-25/h4-9,11,14-15,23H,10,12-13H2,1-3H3,(H,36,43)(H,41,42)/t23-/m0/s1. The Morgan fingerprint density at radius 2 is 1.74 bits per heavy atom. The fourth-order valence-electron chi connectivity index (χ4n) is 4.54. The number of halogens is 3. The molecule has 1 amide bonds. The van der Waals surface area contributed by atoms with Gasteiger partial charge in [0.25, 0.3) is 5.56 Å². The number of carbonyl (C=O) groups is 3. The van der Waals surface area contributed by atoms with Crippen molar-refractivity contribution in [3.05, 3.63) is 85.4 Å². The number of carbonyl (C=O) groups excluding carboxylic acids is 2. The van der Waals surface area contributed by atoms with Gasteiger partial charge < -0.3 is 19.9 Å². The van der Waals surface area contributed by atoms with E-state index in [1.807, 2.05) is 0 Å². The minimum Gasteiger partial charge on any atom is -0.480 e. The molecule has 246 valence electrons. The number of nitrogens with zero attached hydrogens (tertiary/aromatic N) is 3. The molecule has 0 saturated heterocycles. The lowest BCUT2D eigenvalue weighted by atomic mass is 10.1. The number of esters is 1. The number of nitrogens with one attached hydrogen (secondary N) is 1. The minimum absolute atomic E-state index is 0.0530. The van der Waals surface area contributed by atoms with Crippen LogP contribution in [0.15, 0.2) is 58.0 Å². The van der Waals surface area contributed by atoms with Crippen LogP contribution >= 0.6 is 22.7 Å². The molecule has 0 spiro atoms. The number of ether oxygens (including phenoxy) is 2. The third-order valence-electron chi connectivity index (χ3n) is 6.62. The van der Waals surface area contributed by atoms with Crippen LogP contribution in [0.2, 0.25) is 0 Å². The van der Waals surface area contributed by atoms with Crippen LogP contribution in [0.3, 0.4) is 0 Å². The van der Waals surface area contributed by atoms with Crippen molar-refractivity contribution in [2.45, 2.75) is 58.0 Å². The summed E-state index contributed by atoms with van der Waals surface area (Å²) in [5.74, 6) is -1.76. The zero-order chi connectivity index (χ0) is 34.1. The fourth-order valence-corrected chi connectivity index (χ4v) is 6.30. The summed E-state index contributed by atoms with van der Waals surface area (Å²) in [5, 5.41) is 20.7. The van der Waals surface area contributed by atoms with Gasteiger partial charge in [-0.2, -0.15) is 29.6 Å². The maximum Gasteiger partial charge on any atom is 0.416 e. The summed E-state index contributed by atoms with van der Waals surface area (Å²) < 4.78 is 51.7. The molecule has 0 unspecified atom stereocenters. The number of aliphatic carboxylic acids is 1. The summed E-state index contributed by atoms with van der Waals surface area (Å²) in [5.41, 5.74) is -1.11. The largest absolute Gasteiger partial charge is 0.480 e. The number of amides is 1. The van der Waals surface area contributed by atoms with Crippen molar-refractivity contribution in [3.8, 4) is 5.75 Å². The number of benzene rings is 2. The lowest BCUT2D eigenvalue weighted by Gasteiger charge is -2.22. The van der Waals surface area contributed by atoms with Gasteiger partial charge in [-0.15, -0.1) is 11.3 Å². The molecular weight excluding hydrogens is 661 g/mol. The van der Waals surface area contributed by atoms with Gasteiger partial charge in [0.1, 0.15) is 22.4 Å². The van der Waals surface area contributed by atoms with E-state index < -0.39 is 47.0 Å². The Morgan fingerprint density at radius 3 is 2.40 bits per heavy atom. The number of hydrogen-bond donors (Lipinski definition) is 2. The van der Waals surface area contributed by atoms with Gasteiger partial charge in [-0.3, -0.25) is 9.59 Å². The second kappa shape index (κ2) is 13.1. The van der Waals surface area contributed by atoms with Crippen LogP contribution in [0.4, 0.5) is 18.0 Å². The monoisotopic (exact) mass is 688 g/mol. The summed E-state index contributed by atoms with van der Waals surface area (Å²) >= 11 is 2.38. The maximum atomic E-state index is 13.1.